The molecule has 1 aromatic carbocycles. The van der Waals surface area contributed by atoms with Crippen molar-refractivity contribution in [2.24, 2.45) is 0 Å². The minimum atomic E-state index is -0.354. The Morgan fingerprint density at radius 3 is 2.48 bits per heavy atom. The lowest BCUT2D eigenvalue weighted by Crippen LogP contribution is -2.32. The van der Waals surface area contributed by atoms with Gasteiger partial charge in [-0.2, -0.15) is 0 Å². The molecule has 0 saturated carbocycles. The monoisotopic (exact) mass is 424 g/mol. The van der Waals surface area contributed by atoms with Gasteiger partial charge in [-0.05, 0) is 65.8 Å². The normalized spacial score (nSPS) is 10.7. The second kappa shape index (κ2) is 7.96. The van der Waals surface area contributed by atoms with Crippen molar-refractivity contribution < 1.29 is 14.0 Å². The van der Waals surface area contributed by atoms with Gasteiger partial charge in [0.15, 0.2) is 3.77 Å². The van der Waals surface area contributed by atoms with Crippen LogP contribution in [-0.4, -0.2) is 18.4 Å². The van der Waals surface area contributed by atoms with Crippen molar-refractivity contribution in [1.29, 1.82) is 0 Å². The van der Waals surface area contributed by atoms with E-state index in [9.17, 15) is 9.59 Å². The molecule has 120 valence electrons. The van der Waals surface area contributed by atoms with Crippen LogP contribution in [0, 0.1) is 17.6 Å². The summed E-state index contributed by atoms with van der Waals surface area (Å²) in [5, 5.41) is 5.35. The van der Waals surface area contributed by atoms with Gasteiger partial charge in [0.05, 0.1) is 6.54 Å². The molecule has 0 unspecified atom stereocenters. The standard InChI is InChI=1S/C17H17IN2O3/c1-11-4-3-5-12(2)17(11)20-16(22)10-19-15(21)9-7-13-6-8-14(18)23-13/h3-9H,10H2,1-2H3,(H,19,21)(H,20,22)/b9-7+. The number of anilines is 1. The molecule has 0 bridgehead atoms. The molecule has 1 heterocycles. The van der Waals surface area contributed by atoms with Crippen LogP contribution >= 0.6 is 22.6 Å². The number of aryl methyl sites for hydroxylation is 2. The summed E-state index contributed by atoms with van der Waals surface area (Å²) < 4.78 is 6.05. The van der Waals surface area contributed by atoms with Crippen LogP contribution in [0.5, 0.6) is 0 Å². The largest absolute Gasteiger partial charge is 0.451 e. The predicted octanol–water partition coefficient (Wildman–Crippen LogP) is 3.27. The Labute approximate surface area is 148 Å². The lowest BCUT2D eigenvalue weighted by atomic mass is 10.1. The summed E-state index contributed by atoms with van der Waals surface area (Å²) in [7, 11) is 0. The van der Waals surface area contributed by atoms with Gasteiger partial charge in [-0.25, -0.2) is 0 Å². The molecular formula is C17H17IN2O3. The van der Waals surface area contributed by atoms with E-state index in [0.717, 1.165) is 20.6 Å². The van der Waals surface area contributed by atoms with E-state index in [0.29, 0.717) is 5.76 Å². The number of para-hydroxylation sites is 1. The van der Waals surface area contributed by atoms with E-state index in [2.05, 4.69) is 10.6 Å². The summed E-state index contributed by atoms with van der Waals surface area (Å²) in [6.45, 7) is 3.76. The molecule has 0 spiro atoms. The van der Waals surface area contributed by atoms with E-state index < -0.39 is 0 Å². The van der Waals surface area contributed by atoms with Gasteiger partial charge >= 0.3 is 0 Å². The number of amides is 2. The van der Waals surface area contributed by atoms with Crippen LogP contribution in [0.25, 0.3) is 6.08 Å². The molecule has 6 heteroatoms. The van der Waals surface area contributed by atoms with E-state index in [-0.39, 0.29) is 18.4 Å². The second-order valence-electron chi connectivity index (χ2n) is 5.01. The van der Waals surface area contributed by atoms with Gasteiger partial charge < -0.3 is 15.1 Å². The average Bonchev–Trinajstić information content (AvgIpc) is 2.92. The van der Waals surface area contributed by atoms with E-state index in [1.807, 2.05) is 54.6 Å². The smallest absolute Gasteiger partial charge is 0.244 e. The third-order valence-electron chi connectivity index (χ3n) is 3.16. The summed E-state index contributed by atoms with van der Waals surface area (Å²) in [6.07, 6.45) is 2.89. The van der Waals surface area contributed by atoms with Gasteiger partial charge in [-0.1, -0.05) is 18.2 Å². The first-order chi connectivity index (χ1) is 11.0. The van der Waals surface area contributed by atoms with Gasteiger partial charge in [0.25, 0.3) is 0 Å². The number of furan rings is 1. The van der Waals surface area contributed by atoms with E-state index in [1.165, 1.54) is 6.08 Å². The molecule has 0 fully saturated rings. The van der Waals surface area contributed by atoms with Crippen LogP contribution in [0.3, 0.4) is 0 Å². The molecule has 2 amide bonds. The Morgan fingerprint density at radius 2 is 1.87 bits per heavy atom. The first-order valence-electron chi connectivity index (χ1n) is 7.03. The lowest BCUT2D eigenvalue weighted by Gasteiger charge is -2.11. The molecule has 0 aliphatic heterocycles. The van der Waals surface area contributed by atoms with E-state index in [1.54, 1.807) is 18.2 Å². The number of hydrogen-bond donors (Lipinski definition) is 2. The van der Waals surface area contributed by atoms with Gasteiger partial charge in [0, 0.05) is 11.8 Å². The minimum Gasteiger partial charge on any atom is -0.451 e. The van der Waals surface area contributed by atoms with Gasteiger partial charge in [-0.3, -0.25) is 9.59 Å². The Hall–Kier alpha value is -2.09. The Morgan fingerprint density at radius 1 is 1.17 bits per heavy atom. The minimum absolute atomic E-state index is 0.0906. The zero-order valence-electron chi connectivity index (χ0n) is 12.9. The maximum atomic E-state index is 11.9. The molecule has 2 aromatic rings. The molecule has 2 rings (SSSR count). The van der Waals surface area contributed by atoms with Crippen LogP contribution in [0.4, 0.5) is 5.69 Å². The molecule has 2 N–H and O–H groups in total. The molecule has 0 aliphatic carbocycles. The van der Waals surface area contributed by atoms with Crippen LogP contribution in [0.1, 0.15) is 16.9 Å². The maximum absolute atomic E-state index is 11.9. The fourth-order valence-corrected chi connectivity index (χ4v) is 2.43. The number of rotatable bonds is 5. The fourth-order valence-electron chi connectivity index (χ4n) is 2.00. The lowest BCUT2D eigenvalue weighted by molar-refractivity contribution is -0.121. The Kier molecular flexibility index (Phi) is 5.97. The third-order valence-corrected chi connectivity index (χ3v) is 3.74. The van der Waals surface area contributed by atoms with Crippen LogP contribution in [0.15, 0.2) is 40.8 Å². The van der Waals surface area contributed by atoms with Crippen molar-refractivity contribution in [1.82, 2.24) is 5.32 Å². The van der Waals surface area contributed by atoms with Crippen molar-refractivity contribution in [3.05, 3.63) is 57.1 Å². The first-order valence-corrected chi connectivity index (χ1v) is 8.11. The van der Waals surface area contributed by atoms with Gasteiger partial charge in [0.2, 0.25) is 11.8 Å². The Bertz CT molecular complexity index is 730. The zero-order valence-corrected chi connectivity index (χ0v) is 15.0. The summed E-state index contributed by atoms with van der Waals surface area (Å²) in [4.78, 5) is 23.6. The highest BCUT2D eigenvalue weighted by atomic mass is 127. The molecule has 23 heavy (non-hydrogen) atoms. The van der Waals surface area contributed by atoms with E-state index >= 15 is 0 Å². The summed E-state index contributed by atoms with van der Waals surface area (Å²) in [5.41, 5.74) is 2.75. The predicted molar refractivity (Wildman–Crippen MR) is 98.0 cm³/mol. The Balaban J connectivity index is 1.84. The molecule has 0 radical (unpaired) electrons. The van der Waals surface area contributed by atoms with Gasteiger partial charge in [0.1, 0.15) is 5.76 Å². The molecule has 0 saturated heterocycles. The number of halogens is 1. The molecule has 1 aromatic heterocycles. The number of nitrogens with one attached hydrogen (secondary N) is 2. The average molecular weight is 424 g/mol. The fraction of sp³-hybridized carbons (Fsp3) is 0.176. The van der Waals surface area contributed by atoms with Crippen molar-refractivity contribution in [2.75, 3.05) is 11.9 Å². The zero-order chi connectivity index (χ0) is 16.8. The highest BCUT2D eigenvalue weighted by molar-refractivity contribution is 14.1. The first kappa shape index (κ1) is 17.3. The van der Waals surface area contributed by atoms with Crippen molar-refractivity contribution in [3.8, 4) is 0 Å². The topological polar surface area (TPSA) is 71.3 Å². The second-order valence-corrected chi connectivity index (χ2v) is 6.07. The molecular weight excluding hydrogens is 407 g/mol. The quantitative estimate of drug-likeness (QED) is 0.572. The van der Waals surface area contributed by atoms with E-state index in [4.69, 9.17) is 4.42 Å². The highest BCUT2D eigenvalue weighted by Gasteiger charge is 2.08. The van der Waals surface area contributed by atoms with Crippen LogP contribution in [-0.2, 0) is 9.59 Å². The summed E-state index contributed by atoms with van der Waals surface area (Å²) >= 11 is 2.04. The summed E-state index contributed by atoms with van der Waals surface area (Å²) in [5.74, 6) is -0.0331. The summed E-state index contributed by atoms with van der Waals surface area (Å²) in [6, 6.07) is 9.35. The third kappa shape index (κ3) is 5.24. The van der Waals surface area contributed by atoms with Crippen molar-refractivity contribution >= 4 is 46.2 Å². The number of carbonyl (C=O) groups excluding carboxylic acids is 2. The van der Waals surface area contributed by atoms with Crippen LogP contribution in [0.2, 0.25) is 0 Å². The highest BCUT2D eigenvalue weighted by Crippen LogP contribution is 2.19. The SMILES string of the molecule is Cc1cccc(C)c1NC(=O)CNC(=O)/C=C/c1ccc(I)o1. The molecule has 0 atom stereocenters. The van der Waals surface area contributed by atoms with Crippen molar-refractivity contribution in [3.63, 3.8) is 0 Å². The molecule has 0 aliphatic rings. The number of hydrogen-bond acceptors (Lipinski definition) is 3. The van der Waals surface area contributed by atoms with Gasteiger partial charge in [-0.15, -0.1) is 0 Å². The number of benzene rings is 1. The van der Waals surface area contributed by atoms with Crippen LogP contribution < -0.4 is 10.6 Å². The maximum Gasteiger partial charge on any atom is 0.244 e. The molecule has 5 nitrogen and oxygen atoms in total. The number of carbonyl (C=O) groups is 2. The van der Waals surface area contributed by atoms with Crippen molar-refractivity contribution in [2.45, 2.75) is 13.8 Å².